The van der Waals surface area contributed by atoms with Gasteiger partial charge in [0.05, 0.1) is 6.54 Å². The van der Waals surface area contributed by atoms with E-state index in [0.717, 1.165) is 24.3 Å². The van der Waals surface area contributed by atoms with E-state index in [9.17, 15) is 4.79 Å². The van der Waals surface area contributed by atoms with Crippen molar-refractivity contribution in [1.29, 1.82) is 0 Å². The summed E-state index contributed by atoms with van der Waals surface area (Å²) in [4.78, 5) is 11.4. The number of hydrogen-bond acceptors (Lipinski definition) is 3. The number of carbonyl (C=O) groups is 1. The Morgan fingerprint density at radius 2 is 2.11 bits per heavy atom. The molecular formula is C15H22N2O2. The molecule has 0 aliphatic heterocycles. The number of nitrogens with one attached hydrogen (secondary N) is 2. The summed E-state index contributed by atoms with van der Waals surface area (Å²) in [6.45, 7) is 7.88. The molecule has 0 radical (unpaired) electrons. The molecule has 0 saturated heterocycles. The molecule has 0 bridgehead atoms. The van der Waals surface area contributed by atoms with Gasteiger partial charge in [-0.3, -0.25) is 4.79 Å². The van der Waals surface area contributed by atoms with Crippen molar-refractivity contribution in [2.45, 2.75) is 19.9 Å². The molecule has 0 unspecified atom stereocenters. The summed E-state index contributed by atoms with van der Waals surface area (Å²) in [7, 11) is 0. The van der Waals surface area contributed by atoms with E-state index in [0.29, 0.717) is 19.7 Å². The first-order chi connectivity index (χ1) is 9.26. The van der Waals surface area contributed by atoms with Gasteiger partial charge in [-0.05, 0) is 24.1 Å². The minimum absolute atomic E-state index is 0.0350. The fourth-order valence-corrected chi connectivity index (χ4v) is 1.51. The first-order valence-corrected chi connectivity index (χ1v) is 6.56. The average Bonchev–Trinajstić information content (AvgIpc) is 2.44. The molecule has 0 heterocycles. The number of rotatable bonds is 9. The topological polar surface area (TPSA) is 50.4 Å². The Bertz CT molecular complexity index is 388. The molecule has 1 rings (SSSR count). The second kappa shape index (κ2) is 9.16. The lowest BCUT2D eigenvalue weighted by Gasteiger charge is -2.07. The molecule has 0 aromatic heterocycles. The van der Waals surface area contributed by atoms with E-state index >= 15 is 0 Å². The highest BCUT2D eigenvalue weighted by Gasteiger charge is 1.99. The van der Waals surface area contributed by atoms with Crippen LogP contribution in [0.2, 0.25) is 0 Å². The maximum absolute atomic E-state index is 11.4. The summed E-state index contributed by atoms with van der Waals surface area (Å²) in [5, 5.41) is 5.92. The maximum Gasteiger partial charge on any atom is 0.233 e. The van der Waals surface area contributed by atoms with Gasteiger partial charge in [-0.25, -0.2) is 0 Å². The third-order valence-corrected chi connectivity index (χ3v) is 2.48. The van der Waals surface area contributed by atoms with E-state index in [1.54, 1.807) is 6.08 Å². The van der Waals surface area contributed by atoms with Crippen molar-refractivity contribution >= 4 is 5.91 Å². The number of carbonyl (C=O) groups excluding carboxylic acids is 1. The molecule has 1 amide bonds. The predicted octanol–water partition coefficient (Wildman–Crippen LogP) is 1.87. The molecule has 0 spiro atoms. The number of amides is 1. The van der Waals surface area contributed by atoms with Crippen molar-refractivity contribution < 1.29 is 9.53 Å². The van der Waals surface area contributed by atoms with Gasteiger partial charge in [-0.1, -0.05) is 31.7 Å². The Hall–Kier alpha value is -1.81. The van der Waals surface area contributed by atoms with Crippen LogP contribution < -0.4 is 15.4 Å². The zero-order valence-electron chi connectivity index (χ0n) is 11.4. The largest absolute Gasteiger partial charge is 0.490 e. The van der Waals surface area contributed by atoms with Gasteiger partial charge in [0.15, 0.2) is 0 Å². The van der Waals surface area contributed by atoms with Gasteiger partial charge < -0.3 is 15.4 Å². The van der Waals surface area contributed by atoms with Crippen LogP contribution in [0.15, 0.2) is 36.9 Å². The molecule has 19 heavy (non-hydrogen) atoms. The molecule has 4 nitrogen and oxygen atoms in total. The third kappa shape index (κ3) is 6.62. The maximum atomic E-state index is 11.4. The fourth-order valence-electron chi connectivity index (χ4n) is 1.51. The van der Waals surface area contributed by atoms with E-state index < -0.39 is 0 Å². The first kappa shape index (κ1) is 15.2. The van der Waals surface area contributed by atoms with Crippen LogP contribution in [-0.2, 0) is 11.3 Å². The zero-order chi connectivity index (χ0) is 13.9. The molecule has 0 saturated carbocycles. The highest BCUT2D eigenvalue weighted by atomic mass is 16.5. The lowest BCUT2D eigenvalue weighted by molar-refractivity contribution is -0.120. The summed E-state index contributed by atoms with van der Waals surface area (Å²) in [5.41, 5.74) is 1.12. The van der Waals surface area contributed by atoms with Crippen LogP contribution in [0.1, 0.15) is 18.9 Å². The highest BCUT2D eigenvalue weighted by Crippen LogP contribution is 2.11. The van der Waals surface area contributed by atoms with Crippen LogP contribution in [0.5, 0.6) is 5.75 Å². The predicted molar refractivity (Wildman–Crippen MR) is 77.1 cm³/mol. The van der Waals surface area contributed by atoms with Crippen molar-refractivity contribution in [2.24, 2.45) is 0 Å². The first-order valence-electron chi connectivity index (χ1n) is 6.56. The SMILES string of the molecule is C=CCOc1ccc(CNCC(=O)NCCC)cc1. The summed E-state index contributed by atoms with van der Waals surface area (Å²) >= 11 is 0. The van der Waals surface area contributed by atoms with Crippen molar-refractivity contribution in [3.05, 3.63) is 42.5 Å². The fraction of sp³-hybridized carbons (Fsp3) is 0.400. The third-order valence-electron chi connectivity index (χ3n) is 2.48. The molecule has 1 aromatic rings. The Labute approximate surface area is 114 Å². The van der Waals surface area contributed by atoms with E-state index in [2.05, 4.69) is 17.2 Å². The van der Waals surface area contributed by atoms with Crippen molar-refractivity contribution in [3.63, 3.8) is 0 Å². The van der Waals surface area contributed by atoms with E-state index in [4.69, 9.17) is 4.74 Å². The average molecular weight is 262 g/mol. The minimum atomic E-state index is 0.0350. The van der Waals surface area contributed by atoms with Crippen molar-refractivity contribution in [3.8, 4) is 5.75 Å². The Balaban J connectivity index is 2.25. The van der Waals surface area contributed by atoms with Gasteiger partial charge in [0.2, 0.25) is 5.91 Å². The number of hydrogen-bond donors (Lipinski definition) is 2. The normalized spacial score (nSPS) is 9.95. The number of benzene rings is 1. The van der Waals surface area contributed by atoms with Crippen molar-refractivity contribution in [1.82, 2.24) is 10.6 Å². The standard InChI is InChI=1S/C15H22N2O2/c1-3-9-17-15(18)12-16-11-13-5-7-14(8-6-13)19-10-4-2/h4-8,16H,2-3,9-12H2,1H3,(H,17,18). The van der Waals surface area contributed by atoms with E-state index in [1.165, 1.54) is 0 Å². The summed E-state index contributed by atoms with van der Waals surface area (Å²) in [6, 6.07) is 7.79. The van der Waals surface area contributed by atoms with Crippen molar-refractivity contribution in [2.75, 3.05) is 19.7 Å². The lowest BCUT2D eigenvalue weighted by Crippen LogP contribution is -2.33. The van der Waals surface area contributed by atoms with Gasteiger partial charge >= 0.3 is 0 Å². The molecule has 0 fully saturated rings. The van der Waals surface area contributed by atoms with E-state index in [-0.39, 0.29) is 5.91 Å². The van der Waals surface area contributed by atoms with E-state index in [1.807, 2.05) is 31.2 Å². The van der Waals surface area contributed by atoms with Gasteiger partial charge in [0.25, 0.3) is 0 Å². The van der Waals surface area contributed by atoms with Gasteiger partial charge in [0.1, 0.15) is 12.4 Å². The van der Waals surface area contributed by atoms with Crippen LogP contribution in [0.4, 0.5) is 0 Å². The summed E-state index contributed by atoms with van der Waals surface area (Å²) in [6.07, 6.45) is 2.67. The second-order valence-corrected chi connectivity index (χ2v) is 4.20. The summed E-state index contributed by atoms with van der Waals surface area (Å²) in [5.74, 6) is 0.858. The number of ether oxygens (including phenoxy) is 1. The van der Waals surface area contributed by atoms with Gasteiger partial charge in [0, 0.05) is 13.1 Å². The van der Waals surface area contributed by atoms with Crippen LogP contribution in [0.3, 0.4) is 0 Å². The molecule has 4 heteroatoms. The summed E-state index contributed by atoms with van der Waals surface area (Å²) < 4.78 is 5.39. The van der Waals surface area contributed by atoms with Crippen LogP contribution in [0.25, 0.3) is 0 Å². The minimum Gasteiger partial charge on any atom is -0.490 e. The smallest absolute Gasteiger partial charge is 0.233 e. The monoisotopic (exact) mass is 262 g/mol. The molecule has 0 aliphatic rings. The molecule has 2 N–H and O–H groups in total. The van der Waals surface area contributed by atoms with Gasteiger partial charge in [-0.2, -0.15) is 0 Å². The molecule has 104 valence electrons. The van der Waals surface area contributed by atoms with Gasteiger partial charge in [-0.15, -0.1) is 0 Å². The molecule has 0 atom stereocenters. The van der Waals surface area contributed by atoms with Crippen LogP contribution in [0, 0.1) is 0 Å². The van der Waals surface area contributed by atoms with Crippen LogP contribution in [-0.4, -0.2) is 25.6 Å². The molecule has 0 aliphatic carbocycles. The second-order valence-electron chi connectivity index (χ2n) is 4.20. The Kier molecular flexibility index (Phi) is 7.35. The molecular weight excluding hydrogens is 240 g/mol. The quantitative estimate of drug-likeness (QED) is 0.668. The zero-order valence-corrected chi connectivity index (χ0v) is 11.4. The Morgan fingerprint density at radius 1 is 1.37 bits per heavy atom. The molecule has 1 aromatic carbocycles. The van der Waals surface area contributed by atoms with Crippen LogP contribution >= 0.6 is 0 Å². The lowest BCUT2D eigenvalue weighted by atomic mass is 10.2. The Morgan fingerprint density at radius 3 is 2.74 bits per heavy atom. The highest BCUT2D eigenvalue weighted by molar-refractivity contribution is 5.77.